The number of aryl methyl sites for hydroxylation is 2. The Bertz CT molecular complexity index is 732. The highest BCUT2D eigenvalue weighted by atomic mass is 32.1. The molecule has 6 nitrogen and oxygen atoms in total. The average molecular weight is 284 g/mol. The molecule has 3 aromatic heterocycles. The summed E-state index contributed by atoms with van der Waals surface area (Å²) in [7, 11) is 0. The molecule has 0 saturated carbocycles. The lowest BCUT2D eigenvalue weighted by Gasteiger charge is -1.99. The molecule has 0 atom stereocenters. The van der Waals surface area contributed by atoms with Crippen LogP contribution >= 0.6 is 11.3 Å². The van der Waals surface area contributed by atoms with Crippen LogP contribution < -0.4 is 5.32 Å². The molecule has 100 valence electrons. The van der Waals surface area contributed by atoms with E-state index in [4.69, 9.17) is 4.98 Å². The largest absolute Gasteiger partial charge is 0.316 e. The van der Waals surface area contributed by atoms with Crippen molar-refractivity contribution < 1.29 is 0 Å². The van der Waals surface area contributed by atoms with Gasteiger partial charge in [-0.3, -0.25) is 5.10 Å². The van der Waals surface area contributed by atoms with Gasteiger partial charge < -0.3 is 5.32 Å². The van der Waals surface area contributed by atoms with E-state index in [2.05, 4.69) is 25.5 Å². The number of thiazole rings is 1. The van der Waals surface area contributed by atoms with Gasteiger partial charge in [-0.25, -0.2) is 15.0 Å². The minimum absolute atomic E-state index is 0.760. The zero-order chi connectivity index (χ0) is 13.4. The van der Waals surface area contributed by atoms with E-state index in [0.29, 0.717) is 0 Å². The molecule has 7 heteroatoms. The number of aromatic amines is 1. The molecule has 0 aromatic carbocycles. The number of hydrogen-bond donors (Lipinski definition) is 2. The van der Waals surface area contributed by atoms with E-state index in [-0.39, 0.29) is 0 Å². The molecule has 1 aliphatic carbocycles. The lowest BCUT2D eigenvalue weighted by atomic mass is 10.2. The highest BCUT2D eigenvalue weighted by Crippen LogP contribution is 2.36. The van der Waals surface area contributed by atoms with E-state index < -0.39 is 0 Å². The number of nitrogens with one attached hydrogen (secondary N) is 2. The minimum Gasteiger partial charge on any atom is -0.316 e. The molecule has 4 rings (SSSR count). The van der Waals surface area contributed by atoms with E-state index >= 15 is 0 Å². The van der Waals surface area contributed by atoms with Gasteiger partial charge in [-0.2, -0.15) is 5.10 Å². The Morgan fingerprint density at radius 3 is 3.20 bits per heavy atom. The second-order valence-corrected chi connectivity index (χ2v) is 5.71. The SMILES string of the molecule is c1cc(Nc2nc3c(s2)CCCc2[nH]ncc2-3)ncn1. The monoisotopic (exact) mass is 284 g/mol. The Balaban J connectivity index is 1.72. The maximum Gasteiger partial charge on any atom is 0.189 e. The van der Waals surface area contributed by atoms with Crippen molar-refractivity contribution in [1.82, 2.24) is 25.1 Å². The summed E-state index contributed by atoms with van der Waals surface area (Å²) in [5, 5.41) is 11.3. The first-order valence-corrected chi connectivity index (χ1v) is 7.27. The maximum atomic E-state index is 4.71. The highest BCUT2D eigenvalue weighted by Gasteiger charge is 2.20. The van der Waals surface area contributed by atoms with Crippen molar-refractivity contribution in [2.45, 2.75) is 19.3 Å². The molecule has 0 fully saturated rings. The van der Waals surface area contributed by atoms with Gasteiger partial charge in [-0.15, -0.1) is 11.3 Å². The fourth-order valence-corrected chi connectivity index (χ4v) is 3.42. The molecule has 3 heterocycles. The molecule has 0 saturated heterocycles. The molecule has 0 bridgehead atoms. The van der Waals surface area contributed by atoms with Crippen LogP contribution in [-0.2, 0) is 12.8 Å². The van der Waals surface area contributed by atoms with Crippen molar-refractivity contribution in [3.05, 3.63) is 35.4 Å². The Labute approximate surface area is 119 Å². The van der Waals surface area contributed by atoms with Crippen molar-refractivity contribution in [1.29, 1.82) is 0 Å². The van der Waals surface area contributed by atoms with Crippen molar-refractivity contribution in [2.75, 3.05) is 5.32 Å². The van der Waals surface area contributed by atoms with Crippen LogP contribution in [-0.4, -0.2) is 25.1 Å². The number of hydrogen-bond acceptors (Lipinski definition) is 6. The molecular weight excluding hydrogens is 272 g/mol. The van der Waals surface area contributed by atoms with Gasteiger partial charge >= 0.3 is 0 Å². The zero-order valence-electron chi connectivity index (χ0n) is 10.6. The number of fused-ring (bicyclic) bond motifs is 3. The maximum absolute atomic E-state index is 4.71. The van der Waals surface area contributed by atoms with Crippen molar-refractivity contribution >= 4 is 22.3 Å². The molecule has 3 aromatic rings. The standard InChI is InChI=1S/C13H12N6S/c1-2-9-8(6-16-19-9)12-10(3-1)20-13(18-12)17-11-4-5-14-7-15-11/h4-7H,1-3H2,(H,16,19)(H,14,15,17,18). The van der Waals surface area contributed by atoms with Gasteiger partial charge in [0.25, 0.3) is 0 Å². The van der Waals surface area contributed by atoms with Crippen LogP contribution in [0.25, 0.3) is 11.3 Å². The van der Waals surface area contributed by atoms with Crippen LogP contribution in [0.4, 0.5) is 10.9 Å². The Morgan fingerprint density at radius 2 is 2.30 bits per heavy atom. The smallest absolute Gasteiger partial charge is 0.189 e. The molecular formula is C13H12N6S. The lowest BCUT2D eigenvalue weighted by molar-refractivity contribution is 0.811. The molecule has 0 amide bonds. The molecule has 2 N–H and O–H groups in total. The van der Waals surface area contributed by atoms with E-state index in [9.17, 15) is 0 Å². The summed E-state index contributed by atoms with van der Waals surface area (Å²) >= 11 is 1.69. The summed E-state index contributed by atoms with van der Waals surface area (Å²) in [4.78, 5) is 14.1. The van der Waals surface area contributed by atoms with Crippen LogP contribution in [0.5, 0.6) is 0 Å². The van der Waals surface area contributed by atoms with Crippen LogP contribution in [0.1, 0.15) is 17.0 Å². The number of nitrogens with zero attached hydrogens (tertiary/aromatic N) is 4. The average Bonchev–Trinajstić information content (AvgIpc) is 3.04. The third-order valence-electron chi connectivity index (χ3n) is 3.32. The third-order valence-corrected chi connectivity index (χ3v) is 4.35. The highest BCUT2D eigenvalue weighted by molar-refractivity contribution is 7.16. The van der Waals surface area contributed by atoms with Crippen molar-refractivity contribution in [3.63, 3.8) is 0 Å². The third kappa shape index (κ3) is 1.96. The van der Waals surface area contributed by atoms with Gasteiger partial charge in [0.1, 0.15) is 12.1 Å². The lowest BCUT2D eigenvalue weighted by Crippen LogP contribution is -1.93. The predicted octanol–water partition coefficient (Wildman–Crippen LogP) is 2.56. The van der Waals surface area contributed by atoms with Gasteiger partial charge in [0.05, 0.1) is 11.9 Å². The predicted molar refractivity (Wildman–Crippen MR) is 77.0 cm³/mol. The van der Waals surface area contributed by atoms with Gasteiger partial charge in [-0.1, -0.05) is 0 Å². The summed E-state index contributed by atoms with van der Waals surface area (Å²) in [5.41, 5.74) is 3.36. The second kappa shape index (κ2) is 4.68. The number of aromatic nitrogens is 5. The molecule has 0 aliphatic heterocycles. The first kappa shape index (κ1) is 11.5. The second-order valence-electron chi connectivity index (χ2n) is 4.63. The number of anilines is 2. The van der Waals surface area contributed by atoms with E-state index in [1.807, 2.05) is 12.3 Å². The van der Waals surface area contributed by atoms with E-state index in [0.717, 1.165) is 41.5 Å². The van der Waals surface area contributed by atoms with Crippen molar-refractivity contribution in [2.24, 2.45) is 0 Å². The van der Waals surface area contributed by atoms with Gasteiger partial charge in [0.2, 0.25) is 0 Å². The van der Waals surface area contributed by atoms with Gasteiger partial charge in [-0.05, 0) is 25.3 Å². The summed E-state index contributed by atoms with van der Waals surface area (Å²) in [6.07, 6.45) is 8.32. The molecule has 20 heavy (non-hydrogen) atoms. The van der Waals surface area contributed by atoms with Crippen LogP contribution in [0.15, 0.2) is 24.8 Å². The van der Waals surface area contributed by atoms with Crippen LogP contribution in [0.3, 0.4) is 0 Å². The Kier molecular flexibility index (Phi) is 2.70. The van der Waals surface area contributed by atoms with Crippen LogP contribution in [0, 0.1) is 0 Å². The van der Waals surface area contributed by atoms with Gasteiger partial charge in [0.15, 0.2) is 5.13 Å². The van der Waals surface area contributed by atoms with Crippen molar-refractivity contribution in [3.8, 4) is 11.3 Å². The fourth-order valence-electron chi connectivity index (χ4n) is 2.39. The normalized spacial score (nSPS) is 13.4. The topological polar surface area (TPSA) is 79.4 Å². The fraction of sp³-hybridized carbons (Fsp3) is 0.231. The molecule has 0 radical (unpaired) electrons. The molecule has 0 unspecified atom stereocenters. The molecule has 1 aliphatic rings. The summed E-state index contributed by atoms with van der Waals surface area (Å²) in [6.45, 7) is 0. The van der Waals surface area contributed by atoms with Gasteiger partial charge in [0, 0.05) is 22.3 Å². The zero-order valence-corrected chi connectivity index (χ0v) is 11.4. The summed E-state index contributed by atoms with van der Waals surface area (Å²) < 4.78 is 0. The molecule has 0 spiro atoms. The Morgan fingerprint density at radius 1 is 1.30 bits per heavy atom. The number of rotatable bonds is 2. The quantitative estimate of drug-likeness (QED) is 0.756. The van der Waals surface area contributed by atoms with Crippen LogP contribution in [0.2, 0.25) is 0 Å². The number of H-pyrrole nitrogens is 1. The summed E-state index contributed by atoms with van der Waals surface area (Å²) in [5.74, 6) is 0.760. The first-order chi connectivity index (χ1) is 9.90. The Hall–Kier alpha value is -2.28. The summed E-state index contributed by atoms with van der Waals surface area (Å²) in [6, 6.07) is 1.83. The minimum atomic E-state index is 0.760. The van der Waals surface area contributed by atoms with E-state index in [1.54, 1.807) is 17.5 Å². The first-order valence-electron chi connectivity index (χ1n) is 6.45. The van der Waals surface area contributed by atoms with E-state index in [1.165, 1.54) is 16.9 Å².